The predicted molar refractivity (Wildman–Crippen MR) is 138 cm³/mol. The molecule has 0 amide bonds. The van der Waals surface area contributed by atoms with E-state index >= 15 is 0 Å². The molecular formula is C31H26N2. The van der Waals surface area contributed by atoms with Crippen molar-refractivity contribution in [3.63, 3.8) is 0 Å². The van der Waals surface area contributed by atoms with Gasteiger partial charge in [-0.2, -0.15) is 0 Å². The fourth-order valence-electron chi connectivity index (χ4n) is 5.27. The molecule has 0 aliphatic rings. The molecule has 0 aliphatic carbocycles. The van der Waals surface area contributed by atoms with Gasteiger partial charge in [0.25, 0.3) is 0 Å². The van der Waals surface area contributed by atoms with Crippen LogP contribution in [-0.4, -0.2) is 9.55 Å². The van der Waals surface area contributed by atoms with Crippen LogP contribution in [0.25, 0.3) is 21.8 Å². The molecule has 160 valence electrons. The highest BCUT2D eigenvalue weighted by Crippen LogP contribution is 2.41. The number of aryl methyl sites for hydroxylation is 1. The molecule has 2 aromatic heterocycles. The van der Waals surface area contributed by atoms with Gasteiger partial charge in [-0.1, -0.05) is 97.1 Å². The molecule has 1 unspecified atom stereocenters. The Hall–Kier alpha value is -4.04. The smallest absolute Gasteiger partial charge is 0.0517 e. The minimum Gasteiger partial charge on any atom is -0.361 e. The number of para-hydroxylation sites is 2. The van der Waals surface area contributed by atoms with E-state index in [9.17, 15) is 0 Å². The zero-order valence-corrected chi connectivity index (χ0v) is 18.7. The quantitative estimate of drug-likeness (QED) is 0.292. The number of hydrogen-bond acceptors (Lipinski definition) is 0. The minimum atomic E-state index is 0.124. The predicted octanol–water partition coefficient (Wildman–Crippen LogP) is 7.66. The summed E-state index contributed by atoms with van der Waals surface area (Å²) >= 11 is 0. The van der Waals surface area contributed by atoms with Crippen LogP contribution in [0.1, 0.15) is 33.9 Å². The summed E-state index contributed by atoms with van der Waals surface area (Å²) in [6.45, 7) is 3.13. The van der Waals surface area contributed by atoms with Crippen molar-refractivity contribution in [1.82, 2.24) is 9.55 Å². The number of fused-ring (bicyclic) bond motifs is 2. The molecule has 2 nitrogen and oxygen atoms in total. The Morgan fingerprint density at radius 1 is 0.697 bits per heavy atom. The van der Waals surface area contributed by atoms with Crippen molar-refractivity contribution in [1.29, 1.82) is 0 Å². The first-order valence-electron chi connectivity index (χ1n) is 11.5. The lowest BCUT2D eigenvalue weighted by Gasteiger charge is -2.22. The highest BCUT2D eigenvalue weighted by Gasteiger charge is 2.27. The second-order valence-corrected chi connectivity index (χ2v) is 8.73. The van der Waals surface area contributed by atoms with E-state index in [-0.39, 0.29) is 5.92 Å². The van der Waals surface area contributed by atoms with Crippen LogP contribution in [0.15, 0.2) is 115 Å². The molecule has 0 fully saturated rings. The Balaban J connectivity index is 1.66. The molecule has 6 aromatic rings. The van der Waals surface area contributed by atoms with Gasteiger partial charge in [0, 0.05) is 40.2 Å². The van der Waals surface area contributed by atoms with E-state index in [4.69, 9.17) is 0 Å². The number of nitrogens with one attached hydrogen (secondary N) is 1. The number of H-pyrrole nitrogens is 1. The van der Waals surface area contributed by atoms with Gasteiger partial charge in [-0.15, -0.1) is 0 Å². The van der Waals surface area contributed by atoms with E-state index in [2.05, 4.69) is 132 Å². The van der Waals surface area contributed by atoms with Crippen molar-refractivity contribution < 1.29 is 0 Å². The minimum absolute atomic E-state index is 0.124. The van der Waals surface area contributed by atoms with Gasteiger partial charge in [0.2, 0.25) is 0 Å². The first-order valence-corrected chi connectivity index (χ1v) is 11.5. The molecule has 0 bridgehead atoms. The monoisotopic (exact) mass is 426 g/mol. The van der Waals surface area contributed by atoms with Crippen LogP contribution in [-0.2, 0) is 6.54 Å². The summed E-state index contributed by atoms with van der Waals surface area (Å²) in [5.41, 5.74) is 9.10. The normalized spacial score (nSPS) is 12.4. The Labute approximate surface area is 194 Å². The third-order valence-corrected chi connectivity index (χ3v) is 6.80. The number of hydrogen-bond donors (Lipinski definition) is 1. The third-order valence-electron chi connectivity index (χ3n) is 6.80. The van der Waals surface area contributed by atoms with Crippen LogP contribution in [0, 0.1) is 6.92 Å². The Morgan fingerprint density at radius 3 is 2.12 bits per heavy atom. The van der Waals surface area contributed by atoms with Crippen molar-refractivity contribution in [2.45, 2.75) is 19.4 Å². The summed E-state index contributed by atoms with van der Waals surface area (Å²) in [5, 5.41) is 2.60. The van der Waals surface area contributed by atoms with E-state index in [1.54, 1.807) is 0 Å². The van der Waals surface area contributed by atoms with Crippen molar-refractivity contribution in [3.8, 4) is 0 Å². The molecule has 1 N–H and O–H groups in total. The van der Waals surface area contributed by atoms with E-state index in [0.29, 0.717) is 0 Å². The van der Waals surface area contributed by atoms with Crippen molar-refractivity contribution in [2.75, 3.05) is 0 Å². The van der Waals surface area contributed by atoms with Crippen LogP contribution >= 0.6 is 0 Å². The SMILES string of the molecule is Cc1c(C(c2ccccc2)c2c[nH]c3ccccc23)n(Cc2ccccc2)c2ccccc12. The van der Waals surface area contributed by atoms with Gasteiger partial charge in [0.1, 0.15) is 0 Å². The first kappa shape index (κ1) is 19.6. The molecule has 2 heterocycles. The fraction of sp³-hybridized carbons (Fsp3) is 0.0968. The van der Waals surface area contributed by atoms with Gasteiger partial charge >= 0.3 is 0 Å². The Bertz CT molecular complexity index is 1540. The zero-order chi connectivity index (χ0) is 22.2. The van der Waals surface area contributed by atoms with E-state index in [1.165, 1.54) is 49.8 Å². The Kier molecular flexibility index (Phi) is 4.84. The molecule has 0 spiro atoms. The van der Waals surface area contributed by atoms with Crippen molar-refractivity contribution >= 4 is 21.8 Å². The number of aromatic nitrogens is 2. The van der Waals surface area contributed by atoms with Crippen LogP contribution in [0.2, 0.25) is 0 Å². The van der Waals surface area contributed by atoms with E-state index in [0.717, 1.165) is 6.54 Å². The summed E-state index contributed by atoms with van der Waals surface area (Å²) in [6.07, 6.45) is 2.20. The highest BCUT2D eigenvalue weighted by molar-refractivity contribution is 5.88. The lowest BCUT2D eigenvalue weighted by molar-refractivity contribution is 0.745. The number of benzene rings is 4. The number of nitrogens with zero attached hydrogens (tertiary/aromatic N) is 1. The highest BCUT2D eigenvalue weighted by atomic mass is 15.0. The molecule has 1 atom stereocenters. The Morgan fingerprint density at radius 2 is 1.33 bits per heavy atom. The van der Waals surface area contributed by atoms with Crippen LogP contribution in [0.3, 0.4) is 0 Å². The number of aromatic amines is 1. The molecule has 4 aromatic carbocycles. The largest absolute Gasteiger partial charge is 0.361 e. The van der Waals surface area contributed by atoms with Crippen molar-refractivity contribution in [3.05, 3.63) is 143 Å². The molecule has 0 saturated carbocycles. The molecule has 2 heteroatoms. The average Bonchev–Trinajstić information content (AvgIpc) is 3.41. The summed E-state index contributed by atoms with van der Waals surface area (Å²) in [4.78, 5) is 3.52. The lowest BCUT2D eigenvalue weighted by atomic mass is 9.86. The standard InChI is InChI=1S/C31H26N2/c1-22-25-16-9-11-19-29(25)33(21-23-12-4-2-5-13-23)31(22)30(24-14-6-3-7-15-24)27-20-32-28-18-10-8-17-26(27)28/h2-20,30,32H,21H2,1H3. The van der Waals surface area contributed by atoms with Gasteiger partial charge in [-0.25, -0.2) is 0 Å². The maximum atomic E-state index is 3.52. The van der Waals surface area contributed by atoms with Crippen LogP contribution in [0.5, 0.6) is 0 Å². The van der Waals surface area contributed by atoms with Gasteiger partial charge in [0.15, 0.2) is 0 Å². The van der Waals surface area contributed by atoms with Crippen LogP contribution < -0.4 is 0 Å². The van der Waals surface area contributed by atoms with Gasteiger partial charge in [-0.3, -0.25) is 0 Å². The maximum Gasteiger partial charge on any atom is 0.0517 e. The first-order chi connectivity index (χ1) is 16.3. The molecule has 0 saturated heterocycles. The lowest BCUT2D eigenvalue weighted by Crippen LogP contribution is -2.12. The van der Waals surface area contributed by atoms with Gasteiger partial charge in [-0.05, 0) is 41.3 Å². The molecule has 0 radical (unpaired) electrons. The molecule has 33 heavy (non-hydrogen) atoms. The van der Waals surface area contributed by atoms with E-state index < -0.39 is 0 Å². The number of rotatable bonds is 5. The summed E-state index contributed by atoms with van der Waals surface area (Å²) in [7, 11) is 0. The average molecular weight is 427 g/mol. The second-order valence-electron chi connectivity index (χ2n) is 8.73. The second kappa shape index (κ2) is 8.14. The van der Waals surface area contributed by atoms with Gasteiger partial charge in [0.05, 0.1) is 5.92 Å². The maximum absolute atomic E-state index is 3.52. The van der Waals surface area contributed by atoms with Crippen molar-refractivity contribution in [2.24, 2.45) is 0 Å². The molecular weight excluding hydrogens is 400 g/mol. The zero-order valence-electron chi connectivity index (χ0n) is 18.7. The van der Waals surface area contributed by atoms with E-state index in [1.807, 2.05) is 0 Å². The molecule has 0 aliphatic heterocycles. The third kappa shape index (κ3) is 3.35. The summed E-state index contributed by atoms with van der Waals surface area (Å²) < 4.78 is 2.53. The van der Waals surface area contributed by atoms with Crippen LogP contribution in [0.4, 0.5) is 0 Å². The summed E-state index contributed by atoms with van der Waals surface area (Å²) in [5.74, 6) is 0.124. The van der Waals surface area contributed by atoms with Gasteiger partial charge < -0.3 is 9.55 Å². The fourth-order valence-corrected chi connectivity index (χ4v) is 5.27. The molecule has 6 rings (SSSR count). The summed E-state index contributed by atoms with van der Waals surface area (Å²) in [6, 6.07) is 39.1. The topological polar surface area (TPSA) is 20.7 Å².